The van der Waals surface area contributed by atoms with Crippen LogP contribution in [0.25, 0.3) is 11.1 Å². The Bertz CT molecular complexity index is 711. The van der Waals surface area contributed by atoms with Gasteiger partial charge in [0, 0.05) is 23.5 Å². The molecule has 0 unspecified atom stereocenters. The second-order valence-corrected chi connectivity index (χ2v) is 4.39. The van der Waals surface area contributed by atoms with Gasteiger partial charge in [0.05, 0.1) is 0 Å². The van der Waals surface area contributed by atoms with Crippen LogP contribution >= 0.6 is 0 Å². The van der Waals surface area contributed by atoms with Crippen LogP contribution in [0.1, 0.15) is 0 Å². The van der Waals surface area contributed by atoms with Gasteiger partial charge in [-0.2, -0.15) is 0 Å². The van der Waals surface area contributed by atoms with Crippen molar-refractivity contribution >= 4 is 5.69 Å². The summed E-state index contributed by atoms with van der Waals surface area (Å²) in [4.78, 5) is 4.17. The molecule has 20 heavy (non-hydrogen) atoms. The molecular formula is C17H14N2O. The smallest absolute Gasteiger partial charge is 0.221 e. The molecule has 2 aromatic carbocycles. The summed E-state index contributed by atoms with van der Waals surface area (Å²) in [5.74, 6) is 1.25. The van der Waals surface area contributed by atoms with E-state index in [0.29, 0.717) is 11.6 Å². The van der Waals surface area contributed by atoms with Gasteiger partial charge in [0.2, 0.25) is 5.88 Å². The fourth-order valence-corrected chi connectivity index (χ4v) is 2.01. The molecule has 98 valence electrons. The predicted octanol–water partition coefficient (Wildman–Crippen LogP) is 4.12. The van der Waals surface area contributed by atoms with Gasteiger partial charge in [0.1, 0.15) is 5.75 Å². The SMILES string of the molecule is Nc1ccnc(Oc2ccccc2-c2ccccc2)c1. The van der Waals surface area contributed by atoms with Crippen molar-refractivity contribution in [3.8, 4) is 22.8 Å². The third kappa shape index (κ3) is 2.62. The number of ether oxygens (including phenoxy) is 1. The molecule has 1 aromatic heterocycles. The lowest BCUT2D eigenvalue weighted by molar-refractivity contribution is 0.465. The van der Waals surface area contributed by atoms with Gasteiger partial charge in [-0.15, -0.1) is 0 Å². The minimum Gasteiger partial charge on any atom is -0.438 e. The molecule has 1 heterocycles. The Morgan fingerprint density at radius 1 is 0.850 bits per heavy atom. The van der Waals surface area contributed by atoms with Crippen molar-refractivity contribution in [3.05, 3.63) is 72.9 Å². The Kier molecular flexibility index (Phi) is 3.33. The molecule has 0 saturated heterocycles. The van der Waals surface area contributed by atoms with E-state index in [4.69, 9.17) is 10.5 Å². The largest absolute Gasteiger partial charge is 0.438 e. The highest BCUT2D eigenvalue weighted by Crippen LogP contribution is 2.32. The second-order valence-electron chi connectivity index (χ2n) is 4.39. The molecule has 3 heteroatoms. The monoisotopic (exact) mass is 262 g/mol. The Morgan fingerprint density at radius 2 is 1.60 bits per heavy atom. The molecule has 3 nitrogen and oxygen atoms in total. The number of aromatic nitrogens is 1. The molecule has 3 aromatic rings. The lowest BCUT2D eigenvalue weighted by Crippen LogP contribution is -1.92. The van der Waals surface area contributed by atoms with Crippen molar-refractivity contribution in [2.45, 2.75) is 0 Å². The Morgan fingerprint density at radius 3 is 2.40 bits per heavy atom. The third-order valence-corrected chi connectivity index (χ3v) is 2.95. The van der Waals surface area contributed by atoms with Crippen molar-refractivity contribution in [3.63, 3.8) is 0 Å². The molecule has 0 aliphatic heterocycles. The minimum atomic E-state index is 0.494. The van der Waals surface area contributed by atoms with Crippen LogP contribution in [0.4, 0.5) is 5.69 Å². The number of nitrogens with two attached hydrogens (primary N) is 1. The van der Waals surface area contributed by atoms with E-state index in [0.717, 1.165) is 16.9 Å². The van der Waals surface area contributed by atoms with E-state index in [9.17, 15) is 0 Å². The molecular weight excluding hydrogens is 248 g/mol. The van der Waals surface area contributed by atoms with E-state index in [1.165, 1.54) is 0 Å². The number of nitrogens with zero attached hydrogens (tertiary/aromatic N) is 1. The molecule has 0 amide bonds. The molecule has 0 fully saturated rings. The van der Waals surface area contributed by atoms with Crippen molar-refractivity contribution in [2.75, 3.05) is 5.73 Å². The van der Waals surface area contributed by atoms with Gasteiger partial charge >= 0.3 is 0 Å². The van der Waals surface area contributed by atoms with Gasteiger partial charge in [-0.05, 0) is 17.7 Å². The Balaban J connectivity index is 1.99. The Labute approximate surface area is 117 Å². The maximum Gasteiger partial charge on any atom is 0.221 e. The molecule has 0 radical (unpaired) electrons. The summed E-state index contributed by atoms with van der Waals surface area (Å²) < 4.78 is 5.85. The molecule has 2 N–H and O–H groups in total. The zero-order valence-electron chi connectivity index (χ0n) is 10.9. The maximum atomic E-state index is 5.85. The summed E-state index contributed by atoms with van der Waals surface area (Å²) in [5, 5.41) is 0. The van der Waals surface area contributed by atoms with Gasteiger partial charge in [-0.25, -0.2) is 4.98 Å². The van der Waals surface area contributed by atoms with E-state index in [1.54, 1.807) is 18.3 Å². The lowest BCUT2D eigenvalue weighted by Gasteiger charge is -2.10. The van der Waals surface area contributed by atoms with E-state index in [1.807, 2.05) is 42.5 Å². The average Bonchev–Trinajstić information content (AvgIpc) is 2.49. The number of rotatable bonds is 3. The maximum absolute atomic E-state index is 5.85. The standard InChI is InChI=1S/C17H14N2O/c18-14-10-11-19-17(12-14)20-16-9-5-4-8-15(16)13-6-2-1-3-7-13/h1-12H,(H2,18,19). The van der Waals surface area contributed by atoms with Crippen LogP contribution < -0.4 is 10.5 Å². The average molecular weight is 262 g/mol. The summed E-state index contributed by atoms with van der Waals surface area (Å²) in [7, 11) is 0. The quantitative estimate of drug-likeness (QED) is 0.772. The summed E-state index contributed by atoms with van der Waals surface area (Å²) in [5.41, 5.74) is 8.50. The topological polar surface area (TPSA) is 48.1 Å². The Hall–Kier alpha value is -2.81. The van der Waals surface area contributed by atoms with Gasteiger partial charge in [0.25, 0.3) is 0 Å². The van der Waals surface area contributed by atoms with Crippen LogP contribution in [0.15, 0.2) is 72.9 Å². The van der Waals surface area contributed by atoms with Gasteiger partial charge in [0.15, 0.2) is 0 Å². The van der Waals surface area contributed by atoms with E-state index in [2.05, 4.69) is 17.1 Å². The molecule has 0 atom stereocenters. The number of pyridine rings is 1. The lowest BCUT2D eigenvalue weighted by atomic mass is 10.1. The van der Waals surface area contributed by atoms with Crippen molar-refractivity contribution in [1.29, 1.82) is 0 Å². The first kappa shape index (κ1) is 12.2. The van der Waals surface area contributed by atoms with E-state index < -0.39 is 0 Å². The summed E-state index contributed by atoms with van der Waals surface area (Å²) in [6, 6.07) is 21.4. The molecule has 0 aliphatic carbocycles. The highest BCUT2D eigenvalue weighted by atomic mass is 16.5. The van der Waals surface area contributed by atoms with Crippen molar-refractivity contribution in [2.24, 2.45) is 0 Å². The zero-order chi connectivity index (χ0) is 13.8. The number of hydrogen-bond donors (Lipinski definition) is 1. The van der Waals surface area contributed by atoms with Crippen LogP contribution in [0, 0.1) is 0 Å². The van der Waals surface area contributed by atoms with Crippen molar-refractivity contribution < 1.29 is 4.74 Å². The highest BCUT2D eigenvalue weighted by Gasteiger charge is 2.07. The predicted molar refractivity (Wildman–Crippen MR) is 80.6 cm³/mol. The number of nitrogen functional groups attached to an aromatic ring is 1. The van der Waals surface area contributed by atoms with Crippen LogP contribution in [-0.4, -0.2) is 4.98 Å². The normalized spacial score (nSPS) is 10.2. The summed E-state index contributed by atoms with van der Waals surface area (Å²) >= 11 is 0. The summed E-state index contributed by atoms with van der Waals surface area (Å²) in [6.45, 7) is 0. The first-order valence-corrected chi connectivity index (χ1v) is 6.37. The second kappa shape index (κ2) is 5.45. The molecule has 0 bridgehead atoms. The number of hydrogen-bond acceptors (Lipinski definition) is 3. The first-order chi connectivity index (χ1) is 9.83. The van der Waals surface area contributed by atoms with Crippen LogP contribution in [0.2, 0.25) is 0 Å². The summed E-state index contributed by atoms with van der Waals surface area (Å²) in [6.07, 6.45) is 1.63. The van der Waals surface area contributed by atoms with E-state index >= 15 is 0 Å². The van der Waals surface area contributed by atoms with Crippen LogP contribution in [0.5, 0.6) is 11.6 Å². The van der Waals surface area contributed by atoms with Crippen molar-refractivity contribution in [1.82, 2.24) is 4.98 Å². The van der Waals surface area contributed by atoms with Crippen LogP contribution in [-0.2, 0) is 0 Å². The molecule has 0 aliphatic rings. The fourth-order valence-electron chi connectivity index (χ4n) is 2.01. The van der Waals surface area contributed by atoms with Crippen LogP contribution in [0.3, 0.4) is 0 Å². The molecule has 3 rings (SSSR count). The molecule has 0 spiro atoms. The minimum absolute atomic E-state index is 0.494. The first-order valence-electron chi connectivity index (χ1n) is 6.37. The highest BCUT2D eigenvalue weighted by molar-refractivity contribution is 5.70. The number of benzene rings is 2. The van der Waals surface area contributed by atoms with Gasteiger partial charge in [-0.1, -0.05) is 48.5 Å². The third-order valence-electron chi connectivity index (χ3n) is 2.95. The number of anilines is 1. The zero-order valence-corrected chi connectivity index (χ0v) is 10.9. The number of para-hydroxylation sites is 1. The molecule has 0 saturated carbocycles. The fraction of sp³-hybridized carbons (Fsp3) is 0. The van der Waals surface area contributed by atoms with E-state index in [-0.39, 0.29) is 0 Å². The van der Waals surface area contributed by atoms with Gasteiger partial charge < -0.3 is 10.5 Å². The van der Waals surface area contributed by atoms with Gasteiger partial charge in [-0.3, -0.25) is 0 Å².